The van der Waals surface area contributed by atoms with Gasteiger partial charge in [0.2, 0.25) is 0 Å². The smallest absolute Gasteiger partial charge is 0.416 e. The van der Waals surface area contributed by atoms with Gasteiger partial charge in [0.25, 0.3) is 0 Å². The van der Waals surface area contributed by atoms with Gasteiger partial charge in [-0.15, -0.1) is 11.3 Å². The Kier molecular flexibility index (Phi) is 7.17. The van der Waals surface area contributed by atoms with Crippen LogP contribution in [0.1, 0.15) is 51.3 Å². The second-order valence-corrected chi connectivity index (χ2v) is 9.44. The lowest BCUT2D eigenvalue weighted by Gasteiger charge is -2.23. The van der Waals surface area contributed by atoms with Gasteiger partial charge in [-0.3, -0.25) is 9.69 Å². The third-order valence-corrected chi connectivity index (χ3v) is 6.87. The molecule has 1 aliphatic heterocycles. The van der Waals surface area contributed by atoms with Crippen LogP contribution in [0, 0.1) is 0 Å². The van der Waals surface area contributed by atoms with Gasteiger partial charge in [-0.2, -0.15) is 39.5 Å². The molecule has 1 aliphatic rings. The molecule has 3 aromatic rings. The molecule has 208 valence electrons. The van der Waals surface area contributed by atoms with Crippen molar-refractivity contribution in [2.24, 2.45) is 0 Å². The van der Waals surface area contributed by atoms with E-state index in [-0.39, 0.29) is 27.9 Å². The molecular formula is C24H15F9N2O3S. The van der Waals surface area contributed by atoms with Crippen LogP contribution in [0.2, 0.25) is 0 Å². The summed E-state index contributed by atoms with van der Waals surface area (Å²) in [6, 6.07) is 2.23. The number of amides is 1. The Bertz CT molecular complexity index is 1380. The van der Waals surface area contributed by atoms with Crippen molar-refractivity contribution in [2.75, 3.05) is 0 Å². The van der Waals surface area contributed by atoms with Crippen LogP contribution in [-0.2, 0) is 29.8 Å². The van der Waals surface area contributed by atoms with Gasteiger partial charge < -0.3 is 4.74 Å². The molecule has 0 bridgehead atoms. The topological polar surface area (TPSA) is 59.5 Å². The number of carbonyl (C=O) groups excluding carboxylic acids is 2. The van der Waals surface area contributed by atoms with Gasteiger partial charge in [-0.1, -0.05) is 6.07 Å². The van der Waals surface area contributed by atoms with Crippen molar-refractivity contribution in [3.05, 3.63) is 75.3 Å². The predicted molar refractivity (Wildman–Crippen MR) is 119 cm³/mol. The minimum atomic E-state index is -5.14. The van der Waals surface area contributed by atoms with Gasteiger partial charge in [0, 0.05) is 10.9 Å². The molecule has 0 spiro atoms. The monoisotopic (exact) mass is 582 g/mol. The minimum Gasteiger partial charge on any atom is -0.439 e. The summed E-state index contributed by atoms with van der Waals surface area (Å²) in [6.07, 6.45) is -17.4. The molecule has 0 N–H and O–H groups in total. The molecule has 0 saturated carbocycles. The molecular weight excluding hydrogens is 567 g/mol. The number of hydrogen-bond donors (Lipinski definition) is 0. The molecule has 1 aromatic heterocycles. The van der Waals surface area contributed by atoms with Gasteiger partial charge in [-0.05, 0) is 48.4 Å². The van der Waals surface area contributed by atoms with Crippen LogP contribution in [0.15, 0.2) is 41.8 Å². The zero-order valence-electron chi connectivity index (χ0n) is 19.4. The Morgan fingerprint density at radius 3 is 2.03 bits per heavy atom. The van der Waals surface area contributed by atoms with Crippen molar-refractivity contribution in [1.82, 2.24) is 9.88 Å². The number of rotatable bonds is 5. The summed E-state index contributed by atoms with van der Waals surface area (Å²) in [5.74, 6) is 0. The van der Waals surface area contributed by atoms with E-state index in [1.165, 1.54) is 12.3 Å². The number of ether oxygens (including phenoxy) is 1. The number of cyclic esters (lactones) is 1. The number of hydrogen-bond acceptors (Lipinski definition) is 5. The number of aldehydes is 1. The first kappa shape index (κ1) is 28.4. The Hall–Kier alpha value is -3.62. The van der Waals surface area contributed by atoms with Crippen LogP contribution in [0.3, 0.4) is 0 Å². The molecule has 1 unspecified atom stereocenters. The predicted octanol–water partition coefficient (Wildman–Crippen LogP) is 7.76. The first-order chi connectivity index (χ1) is 18.0. The standard InChI is InChI=1S/C24H15F9N2O3S/c1-11-19(12-4-15(23(28,29)30)7-16(5-12)24(31,32)33)38-21(37)35(11)8-13-6-14(22(25,26)27)2-3-18(13)20-34-17(9-36)10-39-20/h2-7,9-11,19H,8H2,1H3/t11-,19?/m0/s1. The van der Waals surface area contributed by atoms with Crippen LogP contribution in [0.5, 0.6) is 0 Å². The lowest BCUT2D eigenvalue weighted by atomic mass is 9.97. The summed E-state index contributed by atoms with van der Waals surface area (Å²) in [6.45, 7) is 0.737. The van der Waals surface area contributed by atoms with E-state index in [2.05, 4.69) is 4.98 Å². The van der Waals surface area contributed by atoms with Crippen molar-refractivity contribution in [3.63, 3.8) is 0 Å². The van der Waals surface area contributed by atoms with Crippen molar-refractivity contribution < 1.29 is 53.8 Å². The fraction of sp³-hybridized carbons (Fsp3) is 0.292. The Morgan fingerprint density at radius 1 is 0.923 bits per heavy atom. The van der Waals surface area contributed by atoms with Gasteiger partial charge in [0.15, 0.2) is 6.29 Å². The molecule has 0 aliphatic carbocycles. The van der Waals surface area contributed by atoms with Crippen molar-refractivity contribution in [2.45, 2.75) is 44.1 Å². The highest BCUT2D eigenvalue weighted by Crippen LogP contribution is 2.42. The van der Waals surface area contributed by atoms with Crippen LogP contribution in [0.4, 0.5) is 44.3 Å². The van der Waals surface area contributed by atoms with Crippen molar-refractivity contribution in [3.8, 4) is 10.6 Å². The number of thiazole rings is 1. The molecule has 15 heteroatoms. The fourth-order valence-corrected chi connectivity index (χ4v) is 4.88. The van der Waals surface area contributed by atoms with Crippen LogP contribution in [-0.4, -0.2) is 28.3 Å². The van der Waals surface area contributed by atoms with Crippen molar-refractivity contribution >= 4 is 23.7 Å². The third kappa shape index (κ3) is 5.87. The highest BCUT2D eigenvalue weighted by molar-refractivity contribution is 7.13. The van der Waals surface area contributed by atoms with Crippen LogP contribution in [0.25, 0.3) is 10.6 Å². The molecule has 1 fully saturated rings. The fourth-order valence-electron chi connectivity index (χ4n) is 4.06. The lowest BCUT2D eigenvalue weighted by Crippen LogP contribution is -2.32. The average Bonchev–Trinajstić information content (AvgIpc) is 3.42. The highest BCUT2D eigenvalue weighted by atomic mass is 32.1. The first-order valence-electron chi connectivity index (χ1n) is 10.9. The summed E-state index contributed by atoms with van der Waals surface area (Å²) in [5, 5.41) is 1.52. The van der Waals surface area contributed by atoms with E-state index in [0.29, 0.717) is 18.4 Å². The number of carbonyl (C=O) groups is 2. The molecule has 1 amide bonds. The maximum absolute atomic E-state index is 13.4. The Balaban J connectivity index is 1.73. The normalized spacial score (nSPS) is 18.4. The second-order valence-electron chi connectivity index (χ2n) is 8.58. The summed E-state index contributed by atoms with van der Waals surface area (Å²) in [5.41, 5.74) is -4.80. The second kappa shape index (κ2) is 9.84. The molecule has 1 saturated heterocycles. The molecule has 2 atom stereocenters. The van der Waals surface area contributed by atoms with Gasteiger partial charge in [0.1, 0.15) is 16.8 Å². The van der Waals surface area contributed by atoms with Crippen LogP contribution >= 0.6 is 11.3 Å². The number of benzene rings is 2. The Morgan fingerprint density at radius 2 is 1.51 bits per heavy atom. The largest absolute Gasteiger partial charge is 0.439 e. The van der Waals surface area contributed by atoms with Gasteiger partial charge in [-0.25, -0.2) is 9.78 Å². The van der Waals surface area contributed by atoms with Crippen molar-refractivity contribution in [1.29, 1.82) is 0 Å². The van der Waals surface area contributed by atoms with E-state index in [1.54, 1.807) is 0 Å². The lowest BCUT2D eigenvalue weighted by molar-refractivity contribution is -0.143. The molecule has 2 heterocycles. The zero-order valence-corrected chi connectivity index (χ0v) is 20.2. The number of aromatic nitrogens is 1. The van der Waals surface area contributed by atoms with Gasteiger partial charge in [0.05, 0.1) is 29.3 Å². The maximum atomic E-state index is 13.4. The van der Waals surface area contributed by atoms with E-state index in [1.807, 2.05) is 0 Å². The summed E-state index contributed by atoms with van der Waals surface area (Å²) < 4.78 is 125. The molecule has 39 heavy (non-hydrogen) atoms. The SMILES string of the molecule is C[C@H]1C(c2cc(C(F)(F)F)cc(C(F)(F)F)c2)OC(=O)N1Cc1cc(C(F)(F)F)ccc1-c1nc(C=O)cs1. The molecule has 2 aromatic carbocycles. The zero-order chi connectivity index (χ0) is 28.9. The molecule has 5 nitrogen and oxygen atoms in total. The number of halogens is 9. The first-order valence-corrected chi connectivity index (χ1v) is 11.7. The summed E-state index contributed by atoms with van der Waals surface area (Å²) in [4.78, 5) is 28.6. The van der Waals surface area contributed by atoms with E-state index in [0.717, 1.165) is 34.4 Å². The van der Waals surface area contributed by atoms with E-state index < -0.39 is 65.6 Å². The third-order valence-electron chi connectivity index (χ3n) is 5.98. The summed E-state index contributed by atoms with van der Waals surface area (Å²) in [7, 11) is 0. The highest BCUT2D eigenvalue weighted by Gasteiger charge is 2.43. The minimum absolute atomic E-state index is 0.0138. The molecule has 4 rings (SSSR count). The van der Waals surface area contributed by atoms with Gasteiger partial charge >= 0.3 is 24.6 Å². The van der Waals surface area contributed by atoms with E-state index in [4.69, 9.17) is 4.74 Å². The number of alkyl halides is 9. The average molecular weight is 582 g/mol. The quantitative estimate of drug-likeness (QED) is 0.228. The summed E-state index contributed by atoms with van der Waals surface area (Å²) >= 11 is 0.948. The molecule has 0 radical (unpaired) electrons. The Labute approximate surface area is 217 Å². The van der Waals surface area contributed by atoms with E-state index >= 15 is 0 Å². The maximum Gasteiger partial charge on any atom is 0.416 e. The number of nitrogens with zero attached hydrogens (tertiary/aromatic N) is 2. The van der Waals surface area contributed by atoms with Crippen LogP contribution < -0.4 is 0 Å². The van der Waals surface area contributed by atoms with E-state index in [9.17, 15) is 49.1 Å².